The Morgan fingerprint density at radius 2 is 2.36 bits per heavy atom. The van der Waals surface area contributed by atoms with Gasteiger partial charge in [-0.05, 0) is 19.9 Å². The first-order valence-corrected chi connectivity index (χ1v) is 4.39. The van der Waals surface area contributed by atoms with E-state index in [-0.39, 0.29) is 5.60 Å². The molecule has 2 fully saturated rings. The summed E-state index contributed by atoms with van der Waals surface area (Å²) in [5.74, 6) is 0. The van der Waals surface area contributed by atoms with E-state index >= 15 is 0 Å². The first-order chi connectivity index (χ1) is 5.31. The molecule has 0 amide bonds. The summed E-state index contributed by atoms with van der Waals surface area (Å²) in [5, 5.41) is 6.78. The highest BCUT2D eigenvalue weighted by Crippen LogP contribution is 2.21. The van der Waals surface area contributed by atoms with E-state index in [1.54, 1.807) is 0 Å². The SMILES string of the molecule is CC1COC2(CCNC2)CN1. The fourth-order valence-corrected chi connectivity index (χ4v) is 1.77. The highest BCUT2D eigenvalue weighted by molar-refractivity contribution is 4.94. The third kappa shape index (κ3) is 1.41. The maximum atomic E-state index is 5.81. The first kappa shape index (κ1) is 7.53. The van der Waals surface area contributed by atoms with Crippen molar-refractivity contribution < 1.29 is 4.74 Å². The summed E-state index contributed by atoms with van der Waals surface area (Å²) in [6, 6.07) is 0.529. The van der Waals surface area contributed by atoms with Crippen LogP contribution in [0.25, 0.3) is 0 Å². The number of nitrogens with one attached hydrogen (secondary N) is 2. The number of morpholine rings is 1. The largest absolute Gasteiger partial charge is 0.371 e. The van der Waals surface area contributed by atoms with Crippen molar-refractivity contribution >= 4 is 0 Å². The van der Waals surface area contributed by atoms with Crippen molar-refractivity contribution in [1.29, 1.82) is 0 Å². The lowest BCUT2D eigenvalue weighted by Crippen LogP contribution is -2.54. The molecule has 2 rings (SSSR count). The summed E-state index contributed by atoms with van der Waals surface area (Å²) in [5.41, 5.74) is 0.131. The van der Waals surface area contributed by atoms with Crippen molar-refractivity contribution in [1.82, 2.24) is 10.6 Å². The fourth-order valence-electron chi connectivity index (χ4n) is 1.77. The van der Waals surface area contributed by atoms with E-state index in [9.17, 15) is 0 Å². The molecule has 0 aromatic rings. The minimum absolute atomic E-state index is 0.131. The van der Waals surface area contributed by atoms with E-state index < -0.39 is 0 Å². The molecular weight excluding hydrogens is 140 g/mol. The zero-order valence-electron chi connectivity index (χ0n) is 7.02. The highest BCUT2D eigenvalue weighted by Gasteiger charge is 2.37. The Hall–Kier alpha value is -0.120. The standard InChI is InChI=1S/C8H16N2O/c1-7-4-11-8(6-10-7)2-3-9-5-8/h7,9-10H,2-6H2,1H3. The van der Waals surface area contributed by atoms with Gasteiger partial charge in [0.25, 0.3) is 0 Å². The molecule has 0 aromatic carbocycles. The van der Waals surface area contributed by atoms with Crippen LogP contribution < -0.4 is 10.6 Å². The zero-order chi connectivity index (χ0) is 7.73. The highest BCUT2D eigenvalue weighted by atomic mass is 16.5. The summed E-state index contributed by atoms with van der Waals surface area (Å²) in [6.45, 7) is 6.17. The van der Waals surface area contributed by atoms with Crippen LogP contribution >= 0.6 is 0 Å². The second-order valence-corrected chi connectivity index (χ2v) is 3.70. The quantitative estimate of drug-likeness (QED) is 0.506. The van der Waals surface area contributed by atoms with Gasteiger partial charge in [0.2, 0.25) is 0 Å². The summed E-state index contributed by atoms with van der Waals surface area (Å²) < 4.78 is 5.81. The van der Waals surface area contributed by atoms with Crippen molar-refractivity contribution in [3.05, 3.63) is 0 Å². The van der Waals surface area contributed by atoms with Crippen LogP contribution in [-0.4, -0.2) is 37.9 Å². The lowest BCUT2D eigenvalue weighted by atomic mass is 10.0. The van der Waals surface area contributed by atoms with Crippen molar-refractivity contribution in [3.8, 4) is 0 Å². The molecular formula is C8H16N2O. The smallest absolute Gasteiger partial charge is 0.0942 e. The van der Waals surface area contributed by atoms with Crippen LogP contribution in [-0.2, 0) is 4.74 Å². The van der Waals surface area contributed by atoms with Crippen molar-refractivity contribution in [3.63, 3.8) is 0 Å². The summed E-state index contributed by atoms with van der Waals surface area (Å²) in [6.07, 6.45) is 1.16. The molecule has 2 aliphatic heterocycles. The second kappa shape index (κ2) is 2.73. The predicted molar refractivity (Wildman–Crippen MR) is 43.6 cm³/mol. The maximum absolute atomic E-state index is 5.81. The molecule has 1 spiro atoms. The molecule has 2 heterocycles. The van der Waals surface area contributed by atoms with Crippen LogP contribution in [0.4, 0.5) is 0 Å². The fraction of sp³-hybridized carbons (Fsp3) is 1.00. The molecule has 0 radical (unpaired) electrons. The van der Waals surface area contributed by atoms with Gasteiger partial charge in [-0.2, -0.15) is 0 Å². The lowest BCUT2D eigenvalue weighted by molar-refractivity contribution is -0.0663. The Labute approximate surface area is 67.5 Å². The Bertz CT molecular complexity index is 133. The monoisotopic (exact) mass is 156 g/mol. The molecule has 2 atom stereocenters. The van der Waals surface area contributed by atoms with Gasteiger partial charge in [-0.15, -0.1) is 0 Å². The van der Waals surface area contributed by atoms with E-state index in [4.69, 9.17) is 4.74 Å². The van der Waals surface area contributed by atoms with Gasteiger partial charge in [0.05, 0.1) is 12.2 Å². The van der Waals surface area contributed by atoms with Gasteiger partial charge >= 0.3 is 0 Å². The Morgan fingerprint density at radius 1 is 1.45 bits per heavy atom. The van der Waals surface area contributed by atoms with Crippen LogP contribution in [0.3, 0.4) is 0 Å². The molecule has 2 N–H and O–H groups in total. The predicted octanol–water partition coefficient (Wildman–Crippen LogP) is -0.273. The molecule has 3 nitrogen and oxygen atoms in total. The number of hydrogen-bond donors (Lipinski definition) is 2. The van der Waals surface area contributed by atoms with Crippen LogP contribution in [0.15, 0.2) is 0 Å². The molecule has 0 aromatic heterocycles. The molecule has 64 valence electrons. The summed E-state index contributed by atoms with van der Waals surface area (Å²) >= 11 is 0. The third-order valence-corrected chi connectivity index (χ3v) is 2.62. The van der Waals surface area contributed by atoms with E-state index in [1.165, 1.54) is 0 Å². The van der Waals surface area contributed by atoms with Crippen LogP contribution in [0.5, 0.6) is 0 Å². The second-order valence-electron chi connectivity index (χ2n) is 3.70. The maximum Gasteiger partial charge on any atom is 0.0942 e. The van der Waals surface area contributed by atoms with E-state index in [1.807, 2.05) is 0 Å². The van der Waals surface area contributed by atoms with Gasteiger partial charge in [0.15, 0.2) is 0 Å². The molecule has 3 heteroatoms. The van der Waals surface area contributed by atoms with Gasteiger partial charge in [0, 0.05) is 19.1 Å². The van der Waals surface area contributed by atoms with Gasteiger partial charge in [-0.25, -0.2) is 0 Å². The van der Waals surface area contributed by atoms with E-state index in [0.717, 1.165) is 32.7 Å². The third-order valence-electron chi connectivity index (χ3n) is 2.62. The number of ether oxygens (including phenoxy) is 1. The van der Waals surface area contributed by atoms with Gasteiger partial charge < -0.3 is 15.4 Å². The molecule has 2 saturated heterocycles. The minimum Gasteiger partial charge on any atom is -0.371 e. The topological polar surface area (TPSA) is 33.3 Å². The van der Waals surface area contributed by atoms with E-state index in [0.29, 0.717) is 6.04 Å². The minimum atomic E-state index is 0.131. The van der Waals surface area contributed by atoms with Crippen LogP contribution in [0.1, 0.15) is 13.3 Å². The summed E-state index contributed by atoms with van der Waals surface area (Å²) in [4.78, 5) is 0. The average Bonchev–Trinajstić information content (AvgIpc) is 2.45. The summed E-state index contributed by atoms with van der Waals surface area (Å²) in [7, 11) is 0. The van der Waals surface area contributed by atoms with Gasteiger partial charge in [-0.3, -0.25) is 0 Å². The van der Waals surface area contributed by atoms with E-state index in [2.05, 4.69) is 17.6 Å². The van der Waals surface area contributed by atoms with Gasteiger partial charge in [-0.1, -0.05) is 0 Å². The zero-order valence-corrected chi connectivity index (χ0v) is 7.02. The Balaban J connectivity index is 1.94. The average molecular weight is 156 g/mol. The molecule has 0 saturated carbocycles. The van der Waals surface area contributed by atoms with Crippen LogP contribution in [0.2, 0.25) is 0 Å². The number of rotatable bonds is 0. The molecule has 0 bridgehead atoms. The van der Waals surface area contributed by atoms with Crippen molar-refractivity contribution in [2.24, 2.45) is 0 Å². The van der Waals surface area contributed by atoms with Crippen molar-refractivity contribution in [2.75, 3.05) is 26.2 Å². The molecule has 0 aliphatic carbocycles. The molecule has 2 unspecified atom stereocenters. The molecule has 2 aliphatic rings. The first-order valence-electron chi connectivity index (χ1n) is 4.39. The Morgan fingerprint density at radius 3 is 2.91 bits per heavy atom. The van der Waals surface area contributed by atoms with Crippen molar-refractivity contribution in [2.45, 2.75) is 25.0 Å². The normalized spacial score (nSPS) is 45.0. The Kier molecular flexibility index (Phi) is 1.87. The van der Waals surface area contributed by atoms with Gasteiger partial charge in [0.1, 0.15) is 0 Å². The lowest BCUT2D eigenvalue weighted by Gasteiger charge is -2.36. The molecule has 11 heavy (non-hydrogen) atoms. The van der Waals surface area contributed by atoms with Crippen LogP contribution in [0, 0.1) is 0 Å². The number of hydrogen-bond acceptors (Lipinski definition) is 3.